The predicted octanol–water partition coefficient (Wildman–Crippen LogP) is 3.16. The zero-order valence-corrected chi connectivity index (χ0v) is 9.72. The van der Waals surface area contributed by atoms with Crippen LogP contribution in [0.2, 0.25) is 10.0 Å². The van der Waals surface area contributed by atoms with Gasteiger partial charge in [-0.1, -0.05) is 41.0 Å². The lowest BCUT2D eigenvalue weighted by atomic mass is 10.2. The Hall–Kier alpha value is -0.380. The number of nitrogens with two attached hydrogens (primary N) is 1. The van der Waals surface area contributed by atoms with E-state index in [2.05, 4.69) is 0 Å². The van der Waals surface area contributed by atoms with Crippen LogP contribution in [0, 0.1) is 5.41 Å². The fourth-order valence-electron chi connectivity index (χ4n) is 0.974. The van der Waals surface area contributed by atoms with E-state index in [0.717, 1.165) is 17.7 Å². The number of amidine groups is 1. The van der Waals surface area contributed by atoms with Gasteiger partial charge in [0.25, 0.3) is 0 Å². The molecule has 0 amide bonds. The number of thioether (sulfide) groups is 1. The average molecular weight is 249 g/mol. The molecule has 1 rings (SSSR count). The summed E-state index contributed by atoms with van der Waals surface area (Å²) in [7, 11) is 0. The molecule has 5 heteroatoms. The van der Waals surface area contributed by atoms with Gasteiger partial charge in [-0.25, -0.2) is 0 Å². The van der Waals surface area contributed by atoms with Gasteiger partial charge in [-0.15, -0.1) is 0 Å². The van der Waals surface area contributed by atoms with E-state index in [9.17, 15) is 0 Å². The van der Waals surface area contributed by atoms with Crippen molar-refractivity contribution in [1.82, 2.24) is 0 Å². The minimum atomic E-state index is 0.144. The molecular formula is C9H10Cl2N2S. The van der Waals surface area contributed by atoms with Crippen molar-refractivity contribution in [2.24, 2.45) is 5.73 Å². The van der Waals surface area contributed by atoms with Crippen LogP contribution in [-0.4, -0.2) is 10.9 Å². The van der Waals surface area contributed by atoms with Crippen molar-refractivity contribution in [1.29, 1.82) is 5.41 Å². The highest BCUT2D eigenvalue weighted by Crippen LogP contribution is 2.23. The molecule has 76 valence electrons. The Morgan fingerprint density at radius 3 is 2.64 bits per heavy atom. The summed E-state index contributed by atoms with van der Waals surface area (Å²) in [5, 5.41) is 8.30. The number of hydrogen-bond donors (Lipinski definition) is 2. The Balaban J connectivity index is 2.51. The number of aryl methyl sites for hydroxylation is 1. The van der Waals surface area contributed by atoms with Crippen LogP contribution in [0.3, 0.4) is 0 Å². The Kier molecular flexibility index (Phi) is 4.58. The molecule has 3 N–H and O–H groups in total. The molecule has 0 saturated heterocycles. The molecule has 2 nitrogen and oxygen atoms in total. The Morgan fingerprint density at radius 1 is 1.36 bits per heavy atom. The molecule has 0 aliphatic carbocycles. The lowest BCUT2D eigenvalue weighted by Crippen LogP contribution is -2.05. The van der Waals surface area contributed by atoms with E-state index in [0.29, 0.717) is 10.0 Å². The highest BCUT2D eigenvalue weighted by Gasteiger charge is 2.00. The third-order valence-corrected chi connectivity index (χ3v) is 3.09. The summed E-state index contributed by atoms with van der Waals surface area (Å²) in [5.41, 5.74) is 6.31. The van der Waals surface area contributed by atoms with Crippen molar-refractivity contribution < 1.29 is 0 Å². The fourth-order valence-corrected chi connectivity index (χ4v) is 1.85. The van der Waals surface area contributed by atoms with Gasteiger partial charge in [0.1, 0.15) is 0 Å². The highest BCUT2D eigenvalue weighted by molar-refractivity contribution is 8.13. The normalized spacial score (nSPS) is 10.1. The first-order valence-electron chi connectivity index (χ1n) is 4.00. The van der Waals surface area contributed by atoms with Crippen molar-refractivity contribution in [3.05, 3.63) is 33.8 Å². The van der Waals surface area contributed by atoms with E-state index in [-0.39, 0.29) is 5.17 Å². The monoisotopic (exact) mass is 248 g/mol. The summed E-state index contributed by atoms with van der Waals surface area (Å²) >= 11 is 12.9. The number of halogens is 2. The molecule has 0 aliphatic heterocycles. The summed E-state index contributed by atoms with van der Waals surface area (Å²) in [6.45, 7) is 0. The topological polar surface area (TPSA) is 49.9 Å². The van der Waals surface area contributed by atoms with Crippen LogP contribution in [0.1, 0.15) is 5.56 Å². The second kappa shape index (κ2) is 5.49. The standard InChI is InChI=1S/C9H10Cl2N2S/c10-7-2-1-6(5-8(7)11)3-4-14-9(12)13/h1-2,5H,3-4H2,(H3,12,13). The summed E-state index contributed by atoms with van der Waals surface area (Å²) in [5.74, 6) is 0.785. The molecular weight excluding hydrogens is 239 g/mol. The number of benzene rings is 1. The number of hydrogen-bond acceptors (Lipinski definition) is 2. The van der Waals surface area contributed by atoms with E-state index in [1.807, 2.05) is 12.1 Å². The maximum absolute atomic E-state index is 7.03. The van der Waals surface area contributed by atoms with Crippen LogP contribution in [0.4, 0.5) is 0 Å². The molecule has 0 saturated carbocycles. The first kappa shape index (κ1) is 11.7. The lowest BCUT2D eigenvalue weighted by Gasteiger charge is -2.02. The van der Waals surface area contributed by atoms with E-state index >= 15 is 0 Å². The molecule has 0 bridgehead atoms. The van der Waals surface area contributed by atoms with E-state index in [1.165, 1.54) is 11.8 Å². The first-order chi connectivity index (χ1) is 6.59. The maximum Gasteiger partial charge on any atom is 0.151 e. The molecule has 1 aromatic rings. The van der Waals surface area contributed by atoms with E-state index in [4.69, 9.17) is 34.3 Å². The van der Waals surface area contributed by atoms with Crippen LogP contribution < -0.4 is 5.73 Å². The SMILES string of the molecule is N=C(N)SCCc1ccc(Cl)c(Cl)c1. The Bertz CT molecular complexity index is 342. The summed E-state index contributed by atoms with van der Waals surface area (Å²) in [4.78, 5) is 0. The second-order valence-electron chi connectivity index (χ2n) is 2.71. The van der Waals surface area contributed by atoms with Crippen LogP contribution in [0.15, 0.2) is 18.2 Å². The molecule has 0 aromatic heterocycles. The summed E-state index contributed by atoms with van der Waals surface area (Å²) in [6, 6.07) is 5.54. The van der Waals surface area contributed by atoms with Gasteiger partial charge in [-0.2, -0.15) is 0 Å². The maximum atomic E-state index is 7.03. The van der Waals surface area contributed by atoms with Crippen molar-refractivity contribution >= 4 is 40.1 Å². The highest BCUT2D eigenvalue weighted by atomic mass is 35.5. The van der Waals surface area contributed by atoms with E-state index < -0.39 is 0 Å². The molecule has 0 atom stereocenters. The average Bonchev–Trinajstić information content (AvgIpc) is 2.10. The molecule has 0 heterocycles. The van der Waals surface area contributed by atoms with Crippen LogP contribution in [0.5, 0.6) is 0 Å². The molecule has 0 aliphatic rings. The van der Waals surface area contributed by atoms with Gasteiger partial charge in [-0.3, -0.25) is 5.41 Å². The zero-order chi connectivity index (χ0) is 10.6. The largest absolute Gasteiger partial charge is 0.379 e. The molecule has 0 unspecified atom stereocenters. The molecule has 0 spiro atoms. The van der Waals surface area contributed by atoms with Crippen LogP contribution >= 0.6 is 35.0 Å². The Morgan fingerprint density at radius 2 is 2.07 bits per heavy atom. The minimum absolute atomic E-state index is 0.144. The van der Waals surface area contributed by atoms with Crippen molar-refractivity contribution in [3.8, 4) is 0 Å². The van der Waals surface area contributed by atoms with Crippen molar-refractivity contribution in [2.75, 3.05) is 5.75 Å². The fraction of sp³-hybridized carbons (Fsp3) is 0.222. The van der Waals surface area contributed by atoms with Gasteiger partial charge in [0, 0.05) is 5.75 Å². The van der Waals surface area contributed by atoms with Gasteiger partial charge < -0.3 is 5.73 Å². The van der Waals surface area contributed by atoms with E-state index in [1.54, 1.807) is 6.07 Å². The predicted molar refractivity (Wildman–Crippen MR) is 64.5 cm³/mol. The minimum Gasteiger partial charge on any atom is -0.379 e. The first-order valence-corrected chi connectivity index (χ1v) is 5.74. The Labute approximate surface area is 97.3 Å². The third-order valence-electron chi connectivity index (χ3n) is 1.63. The lowest BCUT2D eigenvalue weighted by molar-refractivity contribution is 1.16. The summed E-state index contributed by atoms with van der Waals surface area (Å²) in [6.07, 6.45) is 0.834. The molecule has 1 aromatic carbocycles. The number of rotatable bonds is 3. The molecule has 0 fully saturated rings. The van der Waals surface area contributed by atoms with Gasteiger partial charge >= 0.3 is 0 Å². The quantitative estimate of drug-likeness (QED) is 0.638. The smallest absolute Gasteiger partial charge is 0.151 e. The van der Waals surface area contributed by atoms with Gasteiger partial charge in [-0.05, 0) is 24.1 Å². The number of nitrogens with one attached hydrogen (secondary N) is 1. The van der Waals surface area contributed by atoms with Crippen molar-refractivity contribution in [2.45, 2.75) is 6.42 Å². The van der Waals surface area contributed by atoms with Gasteiger partial charge in [0.2, 0.25) is 0 Å². The molecule has 0 radical (unpaired) electrons. The van der Waals surface area contributed by atoms with Crippen LogP contribution in [0.25, 0.3) is 0 Å². The second-order valence-corrected chi connectivity index (χ2v) is 4.66. The van der Waals surface area contributed by atoms with Crippen LogP contribution in [-0.2, 0) is 6.42 Å². The third kappa shape index (κ3) is 3.78. The van der Waals surface area contributed by atoms with Gasteiger partial charge in [0.15, 0.2) is 5.17 Å². The zero-order valence-electron chi connectivity index (χ0n) is 7.39. The molecule has 14 heavy (non-hydrogen) atoms. The summed E-state index contributed by atoms with van der Waals surface area (Å²) < 4.78 is 0. The van der Waals surface area contributed by atoms with Gasteiger partial charge in [0.05, 0.1) is 10.0 Å². The van der Waals surface area contributed by atoms with Crippen molar-refractivity contribution in [3.63, 3.8) is 0 Å².